The summed E-state index contributed by atoms with van der Waals surface area (Å²) in [6.45, 7) is 2.08. The minimum Gasteiger partial charge on any atom is -0.308 e. The largest absolute Gasteiger partial charge is 0.308 e. The molecule has 0 bridgehead atoms. The van der Waals surface area contributed by atoms with Gasteiger partial charge in [-0.05, 0) is 60.4 Å². The molecule has 0 aliphatic carbocycles. The number of amides is 1. The molecule has 7 heteroatoms. The number of nitrogens with zero attached hydrogens (tertiary/aromatic N) is 1. The molecule has 4 rings (SSSR count). The van der Waals surface area contributed by atoms with Gasteiger partial charge in [0.1, 0.15) is 5.82 Å². The SMILES string of the molecule is Cc1ccc(F)cc1S(=O)(=O)Nc1ccc2c(c1)CCC(=O)N2Cc1ccccc1. The van der Waals surface area contributed by atoms with Crippen LogP contribution in [0, 0.1) is 12.7 Å². The minimum absolute atomic E-state index is 0.0371. The van der Waals surface area contributed by atoms with Crippen molar-refractivity contribution in [2.24, 2.45) is 0 Å². The molecule has 3 aromatic rings. The smallest absolute Gasteiger partial charge is 0.262 e. The van der Waals surface area contributed by atoms with Crippen molar-refractivity contribution in [3.63, 3.8) is 0 Å². The van der Waals surface area contributed by atoms with Gasteiger partial charge in [0, 0.05) is 17.8 Å². The van der Waals surface area contributed by atoms with E-state index in [1.165, 1.54) is 12.1 Å². The predicted octanol–water partition coefficient (Wildman–Crippen LogP) is 4.41. The van der Waals surface area contributed by atoms with Crippen molar-refractivity contribution in [2.45, 2.75) is 31.2 Å². The Bertz CT molecular complexity index is 1210. The van der Waals surface area contributed by atoms with Crippen LogP contribution in [0.4, 0.5) is 15.8 Å². The Kier molecular flexibility index (Phi) is 5.30. The molecule has 30 heavy (non-hydrogen) atoms. The van der Waals surface area contributed by atoms with Crippen molar-refractivity contribution >= 4 is 27.3 Å². The number of anilines is 2. The number of hydrogen-bond donors (Lipinski definition) is 1. The Labute approximate surface area is 175 Å². The molecule has 1 aliphatic heterocycles. The summed E-state index contributed by atoms with van der Waals surface area (Å²) in [7, 11) is -3.94. The number of nitrogens with one attached hydrogen (secondary N) is 1. The van der Waals surface area contributed by atoms with Gasteiger partial charge in [-0.15, -0.1) is 0 Å². The highest BCUT2D eigenvalue weighted by Gasteiger charge is 2.25. The number of halogens is 1. The molecule has 1 N–H and O–H groups in total. The maximum atomic E-state index is 13.6. The van der Waals surface area contributed by atoms with Crippen molar-refractivity contribution in [1.82, 2.24) is 0 Å². The van der Waals surface area contributed by atoms with Gasteiger partial charge < -0.3 is 4.90 Å². The van der Waals surface area contributed by atoms with Crippen LogP contribution in [-0.2, 0) is 27.8 Å². The Hall–Kier alpha value is -3.19. The summed E-state index contributed by atoms with van der Waals surface area (Å²) in [5, 5.41) is 0. The molecular weight excluding hydrogens is 403 g/mol. The first-order valence-corrected chi connectivity index (χ1v) is 11.1. The highest BCUT2D eigenvalue weighted by Crippen LogP contribution is 2.32. The van der Waals surface area contributed by atoms with Crippen LogP contribution >= 0.6 is 0 Å². The molecule has 0 saturated heterocycles. The van der Waals surface area contributed by atoms with E-state index in [0.29, 0.717) is 30.6 Å². The molecule has 0 radical (unpaired) electrons. The van der Waals surface area contributed by atoms with Crippen LogP contribution < -0.4 is 9.62 Å². The van der Waals surface area contributed by atoms with E-state index in [0.717, 1.165) is 22.9 Å². The molecule has 0 atom stereocenters. The average Bonchev–Trinajstić information content (AvgIpc) is 2.72. The van der Waals surface area contributed by atoms with E-state index in [-0.39, 0.29) is 10.8 Å². The van der Waals surface area contributed by atoms with Gasteiger partial charge in [0.15, 0.2) is 0 Å². The number of carbonyl (C=O) groups excluding carboxylic acids is 1. The molecular formula is C23H21FN2O3S. The van der Waals surface area contributed by atoms with Crippen LogP contribution in [0.15, 0.2) is 71.6 Å². The molecule has 1 heterocycles. The zero-order chi connectivity index (χ0) is 21.3. The summed E-state index contributed by atoms with van der Waals surface area (Å²) in [6.07, 6.45) is 0.896. The van der Waals surface area contributed by atoms with E-state index in [1.807, 2.05) is 30.3 Å². The fourth-order valence-corrected chi connectivity index (χ4v) is 4.94. The Morgan fingerprint density at radius 3 is 2.53 bits per heavy atom. The number of carbonyl (C=O) groups is 1. The standard InChI is InChI=1S/C23H21FN2O3S/c1-16-7-9-19(24)14-22(16)30(28,29)25-20-10-11-21-18(13-20)8-12-23(27)26(21)15-17-5-3-2-4-6-17/h2-7,9-11,13-14,25H,8,12,15H2,1H3. The van der Waals surface area contributed by atoms with E-state index in [9.17, 15) is 17.6 Å². The van der Waals surface area contributed by atoms with E-state index in [4.69, 9.17) is 0 Å². The Morgan fingerprint density at radius 1 is 1.00 bits per heavy atom. The first kappa shape index (κ1) is 20.1. The molecule has 5 nitrogen and oxygen atoms in total. The number of fused-ring (bicyclic) bond motifs is 1. The zero-order valence-electron chi connectivity index (χ0n) is 16.4. The van der Waals surface area contributed by atoms with Crippen LogP contribution in [0.2, 0.25) is 0 Å². The van der Waals surface area contributed by atoms with Crippen molar-refractivity contribution in [3.8, 4) is 0 Å². The maximum absolute atomic E-state index is 13.6. The topological polar surface area (TPSA) is 66.5 Å². The molecule has 1 amide bonds. The summed E-state index contributed by atoms with van der Waals surface area (Å²) in [5.41, 5.74) is 3.53. The van der Waals surface area contributed by atoms with Crippen LogP contribution in [0.25, 0.3) is 0 Å². The average molecular weight is 424 g/mol. The molecule has 154 valence electrons. The van der Waals surface area contributed by atoms with Gasteiger partial charge in [-0.2, -0.15) is 0 Å². The van der Waals surface area contributed by atoms with Gasteiger partial charge >= 0.3 is 0 Å². The highest BCUT2D eigenvalue weighted by atomic mass is 32.2. The van der Waals surface area contributed by atoms with Crippen LogP contribution in [0.1, 0.15) is 23.1 Å². The molecule has 0 aromatic heterocycles. The molecule has 0 fully saturated rings. The molecule has 0 saturated carbocycles. The predicted molar refractivity (Wildman–Crippen MR) is 114 cm³/mol. The zero-order valence-corrected chi connectivity index (χ0v) is 17.2. The van der Waals surface area contributed by atoms with E-state index >= 15 is 0 Å². The summed E-state index contributed by atoms with van der Waals surface area (Å²) in [6, 6.07) is 18.5. The quantitative estimate of drug-likeness (QED) is 0.660. The fourth-order valence-electron chi connectivity index (χ4n) is 3.64. The third kappa shape index (κ3) is 4.07. The summed E-state index contributed by atoms with van der Waals surface area (Å²) in [5.74, 6) is -0.573. The second-order valence-electron chi connectivity index (χ2n) is 7.32. The van der Waals surface area contributed by atoms with Crippen molar-refractivity contribution in [2.75, 3.05) is 9.62 Å². The highest BCUT2D eigenvalue weighted by molar-refractivity contribution is 7.92. The molecule has 0 unspecified atom stereocenters. The first-order chi connectivity index (χ1) is 14.3. The number of aryl methyl sites for hydroxylation is 2. The van der Waals surface area contributed by atoms with Crippen molar-refractivity contribution in [1.29, 1.82) is 0 Å². The monoisotopic (exact) mass is 424 g/mol. The fraction of sp³-hybridized carbons (Fsp3) is 0.174. The van der Waals surface area contributed by atoms with E-state index < -0.39 is 15.8 Å². The third-order valence-corrected chi connectivity index (χ3v) is 6.68. The second kappa shape index (κ2) is 7.91. The van der Waals surface area contributed by atoms with Crippen LogP contribution in [-0.4, -0.2) is 14.3 Å². The number of benzene rings is 3. The number of hydrogen-bond acceptors (Lipinski definition) is 3. The summed E-state index contributed by atoms with van der Waals surface area (Å²) in [4.78, 5) is 14.1. The first-order valence-electron chi connectivity index (χ1n) is 9.60. The lowest BCUT2D eigenvalue weighted by molar-refractivity contribution is -0.119. The van der Waals surface area contributed by atoms with Gasteiger partial charge in [0.05, 0.1) is 11.4 Å². The Balaban J connectivity index is 1.62. The normalized spacial score (nSPS) is 13.8. The maximum Gasteiger partial charge on any atom is 0.262 e. The number of sulfonamides is 1. The van der Waals surface area contributed by atoms with Gasteiger partial charge in [0.25, 0.3) is 10.0 Å². The summed E-state index contributed by atoms with van der Waals surface area (Å²) >= 11 is 0. The van der Waals surface area contributed by atoms with Gasteiger partial charge in [-0.1, -0.05) is 36.4 Å². The lowest BCUT2D eigenvalue weighted by Crippen LogP contribution is -2.34. The van der Waals surface area contributed by atoms with Crippen molar-refractivity contribution < 1.29 is 17.6 Å². The lowest BCUT2D eigenvalue weighted by atomic mass is 10.00. The van der Waals surface area contributed by atoms with Gasteiger partial charge in [-0.3, -0.25) is 9.52 Å². The van der Waals surface area contributed by atoms with Crippen molar-refractivity contribution in [3.05, 3.63) is 89.2 Å². The minimum atomic E-state index is -3.94. The molecule has 1 aliphatic rings. The lowest BCUT2D eigenvalue weighted by Gasteiger charge is -2.30. The van der Waals surface area contributed by atoms with E-state index in [2.05, 4.69) is 4.72 Å². The summed E-state index contributed by atoms with van der Waals surface area (Å²) < 4.78 is 41.6. The molecule has 3 aromatic carbocycles. The van der Waals surface area contributed by atoms with Gasteiger partial charge in [0.2, 0.25) is 5.91 Å². The van der Waals surface area contributed by atoms with Gasteiger partial charge in [-0.25, -0.2) is 12.8 Å². The van der Waals surface area contributed by atoms with Crippen LogP contribution in [0.3, 0.4) is 0 Å². The third-order valence-electron chi connectivity index (χ3n) is 5.15. The van der Waals surface area contributed by atoms with Crippen LogP contribution in [0.5, 0.6) is 0 Å². The molecule has 0 spiro atoms. The Morgan fingerprint density at radius 2 is 1.77 bits per heavy atom. The van der Waals surface area contributed by atoms with E-state index in [1.54, 1.807) is 30.0 Å². The second-order valence-corrected chi connectivity index (χ2v) is 8.98. The number of rotatable bonds is 5.